The van der Waals surface area contributed by atoms with Gasteiger partial charge in [0.05, 0.1) is 17.4 Å². The van der Waals surface area contributed by atoms with Gasteiger partial charge in [0.25, 0.3) is 0 Å². The van der Waals surface area contributed by atoms with Crippen LogP contribution >= 0.6 is 0 Å². The van der Waals surface area contributed by atoms with Crippen LogP contribution in [-0.4, -0.2) is 17.5 Å². The maximum Gasteiger partial charge on any atom is 0.349 e. The lowest BCUT2D eigenvalue weighted by atomic mass is 10.2. The fraction of sp³-hybridized carbons (Fsp3) is 0.125. The van der Waals surface area contributed by atoms with E-state index in [4.69, 9.17) is 14.7 Å². The van der Waals surface area contributed by atoms with E-state index in [2.05, 4.69) is 0 Å². The van der Waals surface area contributed by atoms with Crippen molar-refractivity contribution in [3.8, 4) is 17.6 Å². The Bertz CT molecular complexity index is 750. The molecule has 0 atom stereocenters. The second-order valence-corrected chi connectivity index (χ2v) is 4.47. The first-order valence-electron chi connectivity index (χ1n) is 6.63. The summed E-state index contributed by atoms with van der Waals surface area (Å²) in [5.74, 6) is -0.377. The lowest BCUT2D eigenvalue weighted by molar-refractivity contribution is -0.385. The van der Waals surface area contributed by atoms with Crippen molar-refractivity contribution in [3.05, 3.63) is 64.2 Å². The number of esters is 1. The van der Waals surface area contributed by atoms with E-state index in [1.165, 1.54) is 18.2 Å². The fourth-order valence-electron chi connectivity index (χ4n) is 1.79. The average molecular weight is 312 g/mol. The van der Waals surface area contributed by atoms with Gasteiger partial charge in [0.1, 0.15) is 5.75 Å². The molecule has 0 aromatic heterocycles. The molecule has 0 aliphatic heterocycles. The number of hydrogen-bond donors (Lipinski definition) is 0. The Labute approximate surface area is 131 Å². The summed E-state index contributed by atoms with van der Waals surface area (Å²) in [4.78, 5) is 21.9. The van der Waals surface area contributed by atoms with Crippen molar-refractivity contribution < 1.29 is 19.2 Å². The Morgan fingerprint density at radius 2 is 1.87 bits per heavy atom. The second kappa shape index (κ2) is 7.56. The van der Waals surface area contributed by atoms with Crippen LogP contribution in [0.1, 0.15) is 5.56 Å². The van der Waals surface area contributed by atoms with E-state index in [1.54, 1.807) is 30.3 Å². The number of hydrogen-bond acceptors (Lipinski definition) is 6. The molecular formula is C16H12N2O5. The van der Waals surface area contributed by atoms with Gasteiger partial charge in [-0.1, -0.05) is 24.3 Å². The van der Waals surface area contributed by atoms with Gasteiger partial charge in [-0.25, -0.2) is 4.79 Å². The van der Waals surface area contributed by atoms with Crippen molar-refractivity contribution in [2.45, 2.75) is 6.42 Å². The Kier molecular flexibility index (Phi) is 5.25. The lowest BCUT2D eigenvalue weighted by Crippen LogP contribution is -2.18. The van der Waals surface area contributed by atoms with E-state index in [1.807, 2.05) is 6.07 Å². The molecule has 116 valence electrons. The standard InChI is InChI=1S/C16H12N2O5/c17-10-9-12-5-7-13(8-6-12)23-16(19)11-22-15-4-2-1-3-14(15)18(20)21/h1-8H,9,11H2. The number of para-hydroxylation sites is 2. The average Bonchev–Trinajstić information content (AvgIpc) is 2.55. The van der Waals surface area contributed by atoms with Crippen molar-refractivity contribution in [3.63, 3.8) is 0 Å². The first-order chi connectivity index (χ1) is 11.1. The van der Waals surface area contributed by atoms with Crippen LogP contribution in [0.2, 0.25) is 0 Å². The molecule has 0 saturated heterocycles. The number of benzene rings is 2. The molecule has 2 rings (SSSR count). The van der Waals surface area contributed by atoms with Gasteiger partial charge in [-0.15, -0.1) is 0 Å². The van der Waals surface area contributed by atoms with Crippen molar-refractivity contribution in [1.82, 2.24) is 0 Å². The summed E-state index contributed by atoms with van der Waals surface area (Å²) in [6, 6.07) is 14.3. The van der Waals surface area contributed by atoms with Crippen molar-refractivity contribution in [2.24, 2.45) is 0 Å². The molecule has 7 nitrogen and oxygen atoms in total. The molecule has 0 fully saturated rings. The highest BCUT2D eigenvalue weighted by Crippen LogP contribution is 2.25. The van der Waals surface area contributed by atoms with Gasteiger partial charge >= 0.3 is 11.7 Å². The van der Waals surface area contributed by atoms with Crippen LogP contribution in [0.25, 0.3) is 0 Å². The number of nitriles is 1. The van der Waals surface area contributed by atoms with E-state index >= 15 is 0 Å². The van der Waals surface area contributed by atoms with E-state index in [9.17, 15) is 14.9 Å². The molecule has 0 heterocycles. The molecule has 2 aromatic rings. The van der Waals surface area contributed by atoms with E-state index in [0.29, 0.717) is 5.75 Å². The monoisotopic (exact) mass is 312 g/mol. The molecule has 0 aliphatic rings. The number of nitrogens with zero attached hydrogens (tertiary/aromatic N) is 2. The maximum absolute atomic E-state index is 11.7. The number of nitro groups is 1. The highest BCUT2D eigenvalue weighted by molar-refractivity contribution is 5.74. The summed E-state index contributed by atoms with van der Waals surface area (Å²) < 4.78 is 10.2. The molecule has 0 radical (unpaired) electrons. The number of nitro benzene ring substituents is 1. The SMILES string of the molecule is N#CCc1ccc(OC(=O)COc2ccccc2[N+](=O)[O-])cc1. The van der Waals surface area contributed by atoms with Crippen LogP contribution in [0.4, 0.5) is 5.69 Å². The third-order valence-electron chi connectivity index (χ3n) is 2.85. The molecule has 7 heteroatoms. The van der Waals surface area contributed by atoms with E-state index in [-0.39, 0.29) is 17.9 Å². The third-order valence-corrected chi connectivity index (χ3v) is 2.85. The van der Waals surface area contributed by atoms with Crippen molar-refractivity contribution >= 4 is 11.7 Å². The Balaban J connectivity index is 1.93. The van der Waals surface area contributed by atoms with Gasteiger partial charge < -0.3 is 9.47 Å². The largest absolute Gasteiger partial charge is 0.475 e. The molecule has 0 bridgehead atoms. The maximum atomic E-state index is 11.7. The zero-order valence-corrected chi connectivity index (χ0v) is 12.0. The minimum Gasteiger partial charge on any atom is -0.475 e. The number of ether oxygens (including phenoxy) is 2. The zero-order chi connectivity index (χ0) is 16.7. The van der Waals surface area contributed by atoms with Crippen LogP contribution in [0.15, 0.2) is 48.5 Å². The molecule has 0 amide bonds. The smallest absolute Gasteiger partial charge is 0.349 e. The quantitative estimate of drug-likeness (QED) is 0.351. The molecular weight excluding hydrogens is 300 g/mol. The van der Waals surface area contributed by atoms with Gasteiger partial charge in [0.15, 0.2) is 12.4 Å². The van der Waals surface area contributed by atoms with Gasteiger partial charge in [0, 0.05) is 6.07 Å². The summed E-state index contributed by atoms with van der Waals surface area (Å²) in [6.07, 6.45) is 0.273. The molecule has 0 aliphatic carbocycles. The minimum absolute atomic E-state index is 0.00109. The number of carbonyl (C=O) groups is 1. The molecule has 23 heavy (non-hydrogen) atoms. The van der Waals surface area contributed by atoms with E-state index in [0.717, 1.165) is 5.56 Å². The molecule has 0 saturated carbocycles. The topological polar surface area (TPSA) is 102 Å². The Morgan fingerprint density at radius 1 is 1.17 bits per heavy atom. The van der Waals surface area contributed by atoms with Crippen molar-refractivity contribution in [1.29, 1.82) is 5.26 Å². The van der Waals surface area contributed by atoms with Gasteiger partial charge in [-0.2, -0.15) is 5.26 Å². The zero-order valence-electron chi connectivity index (χ0n) is 12.0. The molecule has 0 unspecified atom stereocenters. The fourth-order valence-corrected chi connectivity index (χ4v) is 1.79. The first kappa shape index (κ1) is 16.0. The summed E-state index contributed by atoms with van der Waals surface area (Å²) in [7, 11) is 0. The third kappa shape index (κ3) is 4.54. The van der Waals surface area contributed by atoms with E-state index < -0.39 is 17.5 Å². The summed E-state index contributed by atoms with van der Waals surface area (Å²) in [6.45, 7) is -0.454. The highest BCUT2D eigenvalue weighted by Gasteiger charge is 2.15. The number of rotatable bonds is 6. The summed E-state index contributed by atoms with van der Waals surface area (Å²) in [5, 5.41) is 19.4. The summed E-state index contributed by atoms with van der Waals surface area (Å²) >= 11 is 0. The van der Waals surface area contributed by atoms with Crippen LogP contribution < -0.4 is 9.47 Å². The Morgan fingerprint density at radius 3 is 2.52 bits per heavy atom. The lowest BCUT2D eigenvalue weighted by Gasteiger charge is -2.07. The van der Waals surface area contributed by atoms with Crippen LogP contribution in [0.5, 0.6) is 11.5 Å². The minimum atomic E-state index is -0.684. The van der Waals surface area contributed by atoms with Crippen LogP contribution in [-0.2, 0) is 11.2 Å². The van der Waals surface area contributed by atoms with Gasteiger partial charge in [-0.3, -0.25) is 10.1 Å². The van der Waals surface area contributed by atoms with Crippen molar-refractivity contribution in [2.75, 3.05) is 6.61 Å². The van der Waals surface area contributed by atoms with Crippen LogP contribution in [0.3, 0.4) is 0 Å². The van der Waals surface area contributed by atoms with Gasteiger partial charge in [-0.05, 0) is 23.8 Å². The predicted molar refractivity (Wildman–Crippen MR) is 80.0 cm³/mol. The second-order valence-electron chi connectivity index (χ2n) is 4.47. The molecule has 2 aromatic carbocycles. The molecule has 0 N–H and O–H groups in total. The van der Waals surface area contributed by atoms with Crippen LogP contribution in [0, 0.1) is 21.4 Å². The highest BCUT2D eigenvalue weighted by atomic mass is 16.6. The number of carbonyl (C=O) groups excluding carboxylic acids is 1. The molecule has 0 spiro atoms. The predicted octanol–water partition coefficient (Wildman–Crippen LogP) is 2.65. The summed E-state index contributed by atoms with van der Waals surface area (Å²) in [5.41, 5.74) is 0.588. The normalized spacial score (nSPS) is 9.70. The first-order valence-corrected chi connectivity index (χ1v) is 6.63. The van der Waals surface area contributed by atoms with Gasteiger partial charge in [0.2, 0.25) is 0 Å². The Hall–Kier alpha value is -3.40.